The first kappa shape index (κ1) is 18.2. The molecule has 1 saturated carbocycles. The van der Waals surface area contributed by atoms with Gasteiger partial charge in [0.1, 0.15) is 0 Å². The Morgan fingerprint density at radius 2 is 2.00 bits per heavy atom. The van der Waals surface area contributed by atoms with E-state index in [9.17, 15) is 4.79 Å². The first-order valence-corrected chi connectivity index (χ1v) is 10.1. The predicted molar refractivity (Wildman–Crippen MR) is 104 cm³/mol. The van der Waals surface area contributed by atoms with Crippen LogP contribution in [-0.2, 0) is 11.2 Å². The van der Waals surface area contributed by atoms with Gasteiger partial charge in [-0.3, -0.25) is 4.79 Å². The van der Waals surface area contributed by atoms with Crippen molar-refractivity contribution in [2.45, 2.75) is 51.4 Å². The molecule has 1 aromatic heterocycles. The fraction of sp³-hybridized carbons (Fsp3) is 0.571. The van der Waals surface area contributed by atoms with Gasteiger partial charge >= 0.3 is 0 Å². The minimum absolute atomic E-state index is 0.0887. The van der Waals surface area contributed by atoms with E-state index in [1.807, 2.05) is 31.2 Å². The number of aromatic nitrogens is 2. The molecule has 4 rings (SSSR count). The molecule has 144 valence electrons. The Morgan fingerprint density at radius 1 is 1.22 bits per heavy atom. The first-order valence-electron chi connectivity index (χ1n) is 10.1. The molecule has 6 nitrogen and oxygen atoms in total. The number of carbonyl (C=O) groups excluding carboxylic acids is 1. The van der Waals surface area contributed by atoms with Crippen LogP contribution in [0.2, 0.25) is 0 Å². The summed E-state index contributed by atoms with van der Waals surface area (Å²) in [5.74, 6) is 2.94. The molecule has 0 unspecified atom stereocenters. The van der Waals surface area contributed by atoms with Crippen LogP contribution in [0.5, 0.6) is 0 Å². The fourth-order valence-corrected chi connectivity index (χ4v) is 3.70. The van der Waals surface area contributed by atoms with E-state index in [0.29, 0.717) is 18.3 Å². The zero-order chi connectivity index (χ0) is 18.6. The summed E-state index contributed by atoms with van der Waals surface area (Å²) in [4.78, 5) is 19.1. The number of anilines is 1. The topological polar surface area (TPSA) is 71.3 Å². The lowest BCUT2D eigenvalue weighted by molar-refractivity contribution is -0.116. The maximum absolute atomic E-state index is 12.2. The minimum atomic E-state index is 0.0887. The fourth-order valence-electron chi connectivity index (χ4n) is 3.70. The van der Waals surface area contributed by atoms with Crippen molar-refractivity contribution in [3.05, 3.63) is 41.5 Å². The van der Waals surface area contributed by atoms with E-state index in [1.54, 1.807) is 0 Å². The molecular weight excluding hydrogens is 340 g/mol. The predicted octanol–water partition coefficient (Wildman–Crippen LogP) is 3.54. The van der Waals surface area contributed by atoms with E-state index in [0.717, 1.165) is 61.9 Å². The molecule has 1 saturated heterocycles. The van der Waals surface area contributed by atoms with E-state index in [-0.39, 0.29) is 5.91 Å². The lowest BCUT2D eigenvalue weighted by Gasteiger charge is -2.31. The van der Waals surface area contributed by atoms with E-state index >= 15 is 0 Å². The summed E-state index contributed by atoms with van der Waals surface area (Å²) in [6, 6.07) is 7.89. The van der Waals surface area contributed by atoms with Crippen molar-refractivity contribution in [2.24, 2.45) is 5.92 Å². The van der Waals surface area contributed by atoms with Crippen LogP contribution >= 0.6 is 0 Å². The molecule has 1 N–H and O–H groups in total. The lowest BCUT2D eigenvalue weighted by atomic mass is 9.93. The average molecular weight is 368 g/mol. The standard InChI is InChI=1S/C21H28N4O2/c1-15-4-2-3-5-18(15)22-20(26)10-13-25-11-8-16(9-12-25)14-19-23-21(27-24-19)17-6-7-17/h2-5,16-17H,6-14H2,1H3,(H,22,26). The van der Waals surface area contributed by atoms with E-state index in [2.05, 4.69) is 20.4 Å². The van der Waals surface area contributed by atoms with E-state index < -0.39 is 0 Å². The number of carbonyl (C=O) groups is 1. The summed E-state index contributed by atoms with van der Waals surface area (Å²) >= 11 is 0. The Bertz CT molecular complexity index is 776. The molecule has 2 aromatic rings. The summed E-state index contributed by atoms with van der Waals surface area (Å²) in [7, 11) is 0. The van der Waals surface area contributed by atoms with Gasteiger partial charge in [0.25, 0.3) is 0 Å². The van der Waals surface area contributed by atoms with Gasteiger partial charge in [-0.1, -0.05) is 23.4 Å². The highest BCUT2D eigenvalue weighted by Gasteiger charge is 2.30. The molecule has 0 atom stereocenters. The quantitative estimate of drug-likeness (QED) is 0.809. The van der Waals surface area contributed by atoms with Crippen molar-refractivity contribution in [3.63, 3.8) is 0 Å². The maximum Gasteiger partial charge on any atom is 0.229 e. The largest absolute Gasteiger partial charge is 0.339 e. The molecule has 2 fully saturated rings. The third-order valence-corrected chi connectivity index (χ3v) is 5.66. The summed E-state index contributed by atoms with van der Waals surface area (Å²) in [6.07, 6.45) is 6.10. The molecule has 2 heterocycles. The molecule has 2 aliphatic rings. The highest BCUT2D eigenvalue weighted by molar-refractivity contribution is 5.91. The monoisotopic (exact) mass is 368 g/mol. The van der Waals surface area contributed by atoms with Crippen LogP contribution in [0.4, 0.5) is 5.69 Å². The van der Waals surface area contributed by atoms with E-state index in [4.69, 9.17) is 4.52 Å². The molecule has 0 radical (unpaired) electrons. The zero-order valence-electron chi connectivity index (χ0n) is 16.0. The zero-order valence-corrected chi connectivity index (χ0v) is 16.0. The summed E-state index contributed by atoms with van der Waals surface area (Å²) < 4.78 is 5.36. The Hall–Kier alpha value is -2.21. The van der Waals surface area contributed by atoms with Crippen LogP contribution < -0.4 is 5.32 Å². The highest BCUT2D eigenvalue weighted by Crippen LogP contribution is 2.39. The van der Waals surface area contributed by atoms with Crippen molar-refractivity contribution < 1.29 is 9.32 Å². The number of nitrogens with zero attached hydrogens (tertiary/aromatic N) is 3. The normalized spacial score (nSPS) is 18.6. The minimum Gasteiger partial charge on any atom is -0.339 e. The summed E-state index contributed by atoms with van der Waals surface area (Å²) in [5, 5.41) is 7.16. The van der Waals surface area contributed by atoms with Gasteiger partial charge in [0.05, 0.1) is 0 Å². The number of hydrogen-bond donors (Lipinski definition) is 1. The van der Waals surface area contributed by atoms with Crippen LogP contribution in [0.1, 0.15) is 55.3 Å². The van der Waals surface area contributed by atoms with Crippen LogP contribution in [0.15, 0.2) is 28.8 Å². The van der Waals surface area contributed by atoms with Crippen LogP contribution in [-0.4, -0.2) is 40.6 Å². The summed E-state index contributed by atoms with van der Waals surface area (Å²) in [5.41, 5.74) is 2.00. The van der Waals surface area contributed by atoms with Crippen molar-refractivity contribution >= 4 is 11.6 Å². The number of amides is 1. The number of rotatable bonds is 7. The Kier molecular flexibility index (Phi) is 5.53. The third-order valence-electron chi connectivity index (χ3n) is 5.66. The lowest BCUT2D eigenvalue weighted by Crippen LogP contribution is -2.36. The van der Waals surface area contributed by atoms with E-state index in [1.165, 1.54) is 12.8 Å². The average Bonchev–Trinajstić information content (AvgIpc) is 3.43. The Labute approximate surface area is 160 Å². The van der Waals surface area contributed by atoms with Gasteiger partial charge in [-0.05, 0) is 63.2 Å². The number of piperidine rings is 1. The smallest absolute Gasteiger partial charge is 0.229 e. The van der Waals surface area contributed by atoms with Gasteiger partial charge in [-0.25, -0.2) is 0 Å². The van der Waals surface area contributed by atoms with Crippen LogP contribution in [0, 0.1) is 12.8 Å². The second-order valence-corrected chi connectivity index (χ2v) is 7.93. The van der Waals surface area contributed by atoms with Gasteiger partial charge in [0.2, 0.25) is 11.8 Å². The second-order valence-electron chi connectivity index (χ2n) is 7.93. The molecule has 1 amide bonds. The molecule has 1 aliphatic carbocycles. The number of likely N-dealkylation sites (tertiary alicyclic amines) is 1. The highest BCUT2D eigenvalue weighted by atomic mass is 16.5. The molecule has 1 aromatic carbocycles. The SMILES string of the molecule is Cc1ccccc1NC(=O)CCN1CCC(Cc2noc(C3CC3)n2)CC1. The number of hydrogen-bond acceptors (Lipinski definition) is 5. The van der Waals surface area contributed by atoms with Crippen molar-refractivity contribution in [2.75, 3.05) is 25.0 Å². The van der Waals surface area contributed by atoms with Crippen LogP contribution in [0.25, 0.3) is 0 Å². The number of nitrogens with one attached hydrogen (secondary N) is 1. The second kappa shape index (κ2) is 8.21. The Balaban J connectivity index is 1.17. The van der Waals surface area contributed by atoms with Crippen molar-refractivity contribution in [1.82, 2.24) is 15.0 Å². The number of aryl methyl sites for hydroxylation is 1. The maximum atomic E-state index is 12.2. The molecule has 0 bridgehead atoms. The molecule has 1 aliphatic heterocycles. The van der Waals surface area contributed by atoms with Crippen molar-refractivity contribution in [1.29, 1.82) is 0 Å². The molecule has 6 heteroatoms. The molecular formula is C21H28N4O2. The van der Waals surface area contributed by atoms with Crippen LogP contribution in [0.3, 0.4) is 0 Å². The Morgan fingerprint density at radius 3 is 2.74 bits per heavy atom. The molecule has 27 heavy (non-hydrogen) atoms. The molecule has 0 spiro atoms. The van der Waals surface area contributed by atoms with Gasteiger partial charge < -0.3 is 14.7 Å². The first-order chi connectivity index (χ1) is 13.2. The van der Waals surface area contributed by atoms with Crippen molar-refractivity contribution in [3.8, 4) is 0 Å². The van der Waals surface area contributed by atoms with Gasteiger partial charge in [0.15, 0.2) is 5.82 Å². The van der Waals surface area contributed by atoms with Gasteiger partial charge in [0, 0.05) is 31.0 Å². The number of para-hydroxylation sites is 1. The van der Waals surface area contributed by atoms with Gasteiger partial charge in [-0.15, -0.1) is 0 Å². The number of benzene rings is 1. The van der Waals surface area contributed by atoms with Gasteiger partial charge in [-0.2, -0.15) is 4.98 Å². The summed E-state index contributed by atoms with van der Waals surface area (Å²) in [6.45, 7) is 4.90. The third kappa shape index (κ3) is 4.95.